The first-order valence-corrected chi connectivity index (χ1v) is 10.6. The Kier molecular flexibility index (Phi) is 8.31. The molecule has 172 valence electrons. The highest BCUT2D eigenvalue weighted by Crippen LogP contribution is 2.18. The molecule has 33 heavy (non-hydrogen) atoms. The zero-order valence-corrected chi connectivity index (χ0v) is 18.3. The summed E-state index contributed by atoms with van der Waals surface area (Å²) in [4.78, 5) is 36.4. The Bertz CT molecular complexity index is 1180. The van der Waals surface area contributed by atoms with E-state index in [1.54, 1.807) is 49.4 Å². The third kappa shape index (κ3) is 6.75. The molecule has 0 fully saturated rings. The summed E-state index contributed by atoms with van der Waals surface area (Å²) in [6, 6.07) is 17.1. The van der Waals surface area contributed by atoms with Crippen LogP contribution in [0.15, 0.2) is 65.5 Å². The fourth-order valence-corrected chi connectivity index (χ4v) is 3.12. The first-order valence-electron chi connectivity index (χ1n) is 10.6. The number of ether oxygens (including phenoxy) is 1. The second kappa shape index (κ2) is 11.6. The molecule has 2 amide bonds. The molecule has 0 bridgehead atoms. The molecule has 0 saturated heterocycles. The number of aliphatic hydroxyl groups is 1. The largest absolute Gasteiger partial charge is 0.450 e. The molecule has 9 nitrogen and oxygen atoms in total. The first-order chi connectivity index (χ1) is 16.0. The molecular formula is C24H26N4O5. The highest BCUT2D eigenvalue weighted by molar-refractivity contribution is 5.95. The summed E-state index contributed by atoms with van der Waals surface area (Å²) in [6.07, 6.45) is -0.0683. The van der Waals surface area contributed by atoms with Gasteiger partial charge in [-0.05, 0) is 49.2 Å². The topological polar surface area (TPSA) is 123 Å². The van der Waals surface area contributed by atoms with Gasteiger partial charge in [-0.15, -0.1) is 0 Å². The Hall–Kier alpha value is -3.98. The van der Waals surface area contributed by atoms with E-state index in [-0.39, 0.29) is 31.2 Å². The molecular weight excluding hydrogens is 424 g/mol. The van der Waals surface area contributed by atoms with Crippen molar-refractivity contribution >= 4 is 17.7 Å². The second-order valence-corrected chi connectivity index (χ2v) is 7.17. The number of hydrogen-bond acceptors (Lipinski definition) is 6. The fraction of sp³-hybridized carbons (Fsp3) is 0.250. The molecule has 2 aromatic carbocycles. The van der Waals surface area contributed by atoms with E-state index in [4.69, 9.17) is 9.84 Å². The van der Waals surface area contributed by atoms with E-state index in [1.807, 2.05) is 12.1 Å². The number of rotatable bonds is 9. The predicted molar refractivity (Wildman–Crippen MR) is 124 cm³/mol. The van der Waals surface area contributed by atoms with Crippen molar-refractivity contribution in [2.75, 3.05) is 25.1 Å². The van der Waals surface area contributed by atoms with Gasteiger partial charge in [-0.1, -0.05) is 24.3 Å². The standard InChI is InChI=1S/C24H26N4O5/c1-2-33-24(32)26-20-9-3-6-17(14-20)16-28-22(30)11-10-21(27-28)18-7-4-8-19(15-18)23(31)25-12-5-13-29/h3-4,6-11,14-15,29H,2,5,12-13,16H2,1H3,(H,25,31)(H,26,32). The third-order valence-electron chi connectivity index (χ3n) is 4.69. The summed E-state index contributed by atoms with van der Waals surface area (Å²) >= 11 is 0. The van der Waals surface area contributed by atoms with Crippen LogP contribution in [0.3, 0.4) is 0 Å². The van der Waals surface area contributed by atoms with Crippen LogP contribution in [-0.2, 0) is 11.3 Å². The lowest BCUT2D eigenvalue weighted by Crippen LogP contribution is -2.25. The number of aromatic nitrogens is 2. The number of carbonyl (C=O) groups excluding carboxylic acids is 2. The van der Waals surface area contributed by atoms with Gasteiger partial charge in [-0.2, -0.15) is 5.10 Å². The number of hydrogen-bond donors (Lipinski definition) is 3. The number of nitrogens with one attached hydrogen (secondary N) is 2. The minimum atomic E-state index is -0.549. The Morgan fingerprint density at radius 2 is 1.91 bits per heavy atom. The van der Waals surface area contributed by atoms with E-state index < -0.39 is 6.09 Å². The summed E-state index contributed by atoms with van der Waals surface area (Å²) in [5.41, 5.74) is 2.74. The molecule has 0 atom stereocenters. The maximum absolute atomic E-state index is 12.4. The molecule has 0 aliphatic rings. The first kappa shape index (κ1) is 23.7. The zero-order chi connectivity index (χ0) is 23.6. The van der Waals surface area contributed by atoms with Crippen molar-refractivity contribution in [2.45, 2.75) is 19.9 Å². The van der Waals surface area contributed by atoms with Crippen molar-refractivity contribution in [3.63, 3.8) is 0 Å². The van der Waals surface area contributed by atoms with E-state index >= 15 is 0 Å². The highest BCUT2D eigenvalue weighted by Gasteiger charge is 2.10. The van der Waals surface area contributed by atoms with Crippen LogP contribution < -0.4 is 16.2 Å². The van der Waals surface area contributed by atoms with Crippen molar-refractivity contribution < 1.29 is 19.4 Å². The van der Waals surface area contributed by atoms with Gasteiger partial charge in [0.1, 0.15) is 0 Å². The summed E-state index contributed by atoms with van der Waals surface area (Å²) in [5.74, 6) is -0.246. The predicted octanol–water partition coefficient (Wildman–Crippen LogP) is 2.64. The van der Waals surface area contributed by atoms with E-state index in [1.165, 1.54) is 10.7 Å². The smallest absolute Gasteiger partial charge is 0.411 e. The van der Waals surface area contributed by atoms with Crippen molar-refractivity contribution in [1.29, 1.82) is 0 Å². The summed E-state index contributed by atoms with van der Waals surface area (Å²) in [7, 11) is 0. The normalized spacial score (nSPS) is 10.5. The van der Waals surface area contributed by atoms with Crippen LogP contribution in [0.4, 0.5) is 10.5 Å². The highest BCUT2D eigenvalue weighted by atomic mass is 16.5. The van der Waals surface area contributed by atoms with Crippen molar-refractivity contribution in [2.24, 2.45) is 0 Å². The fourth-order valence-electron chi connectivity index (χ4n) is 3.12. The minimum absolute atomic E-state index is 0.00752. The molecule has 3 N–H and O–H groups in total. The molecule has 0 unspecified atom stereocenters. The SMILES string of the molecule is CCOC(=O)Nc1cccc(Cn2nc(-c3cccc(C(=O)NCCCO)c3)ccc2=O)c1. The molecule has 0 saturated carbocycles. The van der Waals surface area contributed by atoms with Crippen LogP contribution in [0.5, 0.6) is 0 Å². The summed E-state index contributed by atoms with van der Waals surface area (Å²) < 4.78 is 6.21. The van der Waals surface area contributed by atoms with Crippen LogP contribution in [0, 0.1) is 0 Å². The van der Waals surface area contributed by atoms with Crippen LogP contribution >= 0.6 is 0 Å². The average Bonchev–Trinajstić information content (AvgIpc) is 2.81. The monoisotopic (exact) mass is 450 g/mol. The second-order valence-electron chi connectivity index (χ2n) is 7.17. The average molecular weight is 450 g/mol. The van der Waals surface area contributed by atoms with Gasteiger partial charge in [0.15, 0.2) is 0 Å². The number of aliphatic hydroxyl groups excluding tert-OH is 1. The van der Waals surface area contributed by atoms with E-state index in [0.29, 0.717) is 35.5 Å². The van der Waals surface area contributed by atoms with Gasteiger partial charge in [0.25, 0.3) is 11.5 Å². The van der Waals surface area contributed by atoms with Gasteiger partial charge in [0.2, 0.25) is 0 Å². The lowest BCUT2D eigenvalue weighted by molar-refractivity contribution is 0.0951. The Morgan fingerprint density at radius 1 is 1.09 bits per heavy atom. The van der Waals surface area contributed by atoms with Crippen molar-refractivity contribution in [1.82, 2.24) is 15.1 Å². The Balaban J connectivity index is 1.79. The Labute approximate surface area is 191 Å². The molecule has 1 aromatic heterocycles. The molecule has 0 aliphatic heterocycles. The van der Waals surface area contributed by atoms with E-state index in [2.05, 4.69) is 15.7 Å². The third-order valence-corrected chi connectivity index (χ3v) is 4.69. The summed E-state index contributed by atoms with van der Waals surface area (Å²) in [6.45, 7) is 2.58. The zero-order valence-electron chi connectivity index (χ0n) is 18.3. The van der Waals surface area contributed by atoms with Crippen molar-refractivity contribution in [3.05, 3.63) is 82.1 Å². The quantitative estimate of drug-likeness (QED) is 0.431. The lowest BCUT2D eigenvalue weighted by Gasteiger charge is -2.10. The van der Waals surface area contributed by atoms with Gasteiger partial charge in [0.05, 0.1) is 18.8 Å². The van der Waals surface area contributed by atoms with E-state index in [9.17, 15) is 14.4 Å². The maximum atomic E-state index is 12.4. The van der Waals surface area contributed by atoms with Gasteiger partial charge in [-0.3, -0.25) is 14.9 Å². The van der Waals surface area contributed by atoms with Crippen LogP contribution in [0.2, 0.25) is 0 Å². The number of anilines is 1. The van der Waals surface area contributed by atoms with Crippen LogP contribution in [-0.4, -0.2) is 46.6 Å². The number of amides is 2. The van der Waals surface area contributed by atoms with Crippen molar-refractivity contribution in [3.8, 4) is 11.3 Å². The molecule has 0 aliphatic carbocycles. The van der Waals surface area contributed by atoms with Crippen LogP contribution in [0.25, 0.3) is 11.3 Å². The number of nitrogens with zero attached hydrogens (tertiary/aromatic N) is 2. The molecule has 9 heteroatoms. The lowest BCUT2D eigenvalue weighted by atomic mass is 10.1. The molecule has 0 spiro atoms. The number of carbonyl (C=O) groups is 2. The molecule has 3 aromatic rings. The van der Waals surface area contributed by atoms with Gasteiger partial charge in [-0.25, -0.2) is 9.48 Å². The molecule has 3 rings (SSSR count). The van der Waals surface area contributed by atoms with E-state index in [0.717, 1.165) is 5.56 Å². The summed E-state index contributed by atoms with van der Waals surface area (Å²) in [5, 5.41) is 18.7. The molecule has 0 radical (unpaired) electrons. The number of benzene rings is 2. The maximum Gasteiger partial charge on any atom is 0.411 e. The molecule has 1 heterocycles. The van der Waals surface area contributed by atoms with Gasteiger partial charge < -0.3 is 15.2 Å². The van der Waals surface area contributed by atoms with Crippen LogP contribution in [0.1, 0.15) is 29.3 Å². The van der Waals surface area contributed by atoms with Gasteiger partial charge >= 0.3 is 6.09 Å². The Morgan fingerprint density at radius 3 is 2.70 bits per heavy atom. The van der Waals surface area contributed by atoms with Gasteiger partial charge in [0, 0.05) is 36.0 Å². The minimum Gasteiger partial charge on any atom is -0.450 e.